The molecule has 0 fully saturated rings. The highest BCUT2D eigenvalue weighted by molar-refractivity contribution is 5.82. The van der Waals surface area contributed by atoms with Gasteiger partial charge in [0.05, 0.1) is 23.6 Å². The SMILES string of the molecule is Cc1cc(-c2c(C)ccc(C(F)(F)F)c2C)c(F)c([C@H](CC(=O)O)NC(=O)C(CC(C)C)n2cc(CCN(C)C)c(C(F)(F)F)cc2=O)c1F. The molecular weight excluding hydrogens is 678 g/mol. The Bertz CT molecular complexity index is 1810. The van der Waals surface area contributed by atoms with Crippen molar-refractivity contribution in [2.24, 2.45) is 5.92 Å². The van der Waals surface area contributed by atoms with Crippen LogP contribution in [-0.4, -0.2) is 47.1 Å². The summed E-state index contributed by atoms with van der Waals surface area (Å²) in [6.45, 7) is 7.19. The number of benzene rings is 2. The Labute approximate surface area is 283 Å². The van der Waals surface area contributed by atoms with Gasteiger partial charge < -0.3 is 19.9 Å². The van der Waals surface area contributed by atoms with Crippen molar-refractivity contribution in [1.29, 1.82) is 0 Å². The van der Waals surface area contributed by atoms with E-state index in [1.165, 1.54) is 13.8 Å². The zero-order chi connectivity index (χ0) is 38.0. The van der Waals surface area contributed by atoms with Gasteiger partial charge in [-0.15, -0.1) is 0 Å². The number of aromatic nitrogens is 1. The monoisotopic (exact) mass is 717 g/mol. The van der Waals surface area contributed by atoms with Crippen molar-refractivity contribution >= 4 is 11.9 Å². The third-order valence-corrected chi connectivity index (χ3v) is 8.34. The van der Waals surface area contributed by atoms with Crippen molar-refractivity contribution in [2.75, 3.05) is 20.6 Å². The Kier molecular flexibility index (Phi) is 12.3. The van der Waals surface area contributed by atoms with Gasteiger partial charge in [0.25, 0.3) is 5.56 Å². The maximum absolute atomic E-state index is 16.5. The molecule has 0 saturated heterocycles. The number of nitrogens with one attached hydrogen (secondary N) is 1. The molecule has 3 rings (SSSR count). The first kappa shape index (κ1) is 40.2. The fourth-order valence-electron chi connectivity index (χ4n) is 5.96. The van der Waals surface area contributed by atoms with Gasteiger partial charge in [0, 0.05) is 29.9 Å². The minimum atomic E-state index is -4.89. The molecule has 0 aliphatic carbocycles. The molecule has 0 aliphatic heterocycles. The number of likely N-dealkylation sites (N-methyl/N-ethyl adjacent to an activating group) is 1. The van der Waals surface area contributed by atoms with Crippen molar-refractivity contribution in [1.82, 2.24) is 14.8 Å². The Morgan fingerprint density at radius 3 is 2.04 bits per heavy atom. The summed E-state index contributed by atoms with van der Waals surface area (Å²) in [6.07, 6.45) is -10.2. The number of hydrogen-bond acceptors (Lipinski definition) is 4. The third kappa shape index (κ3) is 9.09. The second-order valence-corrected chi connectivity index (χ2v) is 13.0. The number of halogens is 8. The van der Waals surface area contributed by atoms with Gasteiger partial charge in [0.2, 0.25) is 5.91 Å². The van der Waals surface area contributed by atoms with Gasteiger partial charge in [0.1, 0.15) is 17.7 Å². The predicted molar refractivity (Wildman–Crippen MR) is 171 cm³/mol. The normalized spacial score (nSPS) is 13.5. The number of amides is 1. The number of hydrogen-bond donors (Lipinski definition) is 2. The highest BCUT2D eigenvalue weighted by atomic mass is 19.4. The first-order chi connectivity index (χ1) is 22.9. The van der Waals surface area contributed by atoms with Crippen LogP contribution in [0.5, 0.6) is 0 Å². The van der Waals surface area contributed by atoms with Crippen LogP contribution in [0.1, 0.15) is 77.7 Å². The number of pyridine rings is 1. The average Bonchev–Trinajstić information content (AvgIpc) is 2.96. The molecule has 1 heterocycles. The molecule has 1 unspecified atom stereocenters. The van der Waals surface area contributed by atoms with E-state index in [4.69, 9.17) is 0 Å². The van der Waals surface area contributed by atoms with Crippen molar-refractivity contribution in [2.45, 2.75) is 78.3 Å². The lowest BCUT2D eigenvalue weighted by molar-refractivity contribution is -0.139. The molecule has 0 spiro atoms. The maximum Gasteiger partial charge on any atom is 0.416 e. The van der Waals surface area contributed by atoms with Crippen molar-refractivity contribution in [3.63, 3.8) is 0 Å². The molecule has 274 valence electrons. The minimum Gasteiger partial charge on any atom is -0.481 e. The van der Waals surface area contributed by atoms with Crippen LogP contribution in [0.15, 0.2) is 35.3 Å². The molecule has 0 radical (unpaired) electrons. The average molecular weight is 718 g/mol. The number of carbonyl (C=O) groups is 2. The fraction of sp³-hybridized carbons (Fsp3) is 0.457. The first-order valence-electron chi connectivity index (χ1n) is 15.6. The number of carbonyl (C=O) groups excluding carboxylic acids is 1. The van der Waals surface area contributed by atoms with Crippen molar-refractivity contribution in [3.8, 4) is 11.1 Å². The van der Waals surface area contributed by atoms with E-state index in [2.05, 4.69) is 5.32 Å². The lowest BCUT2D eigenvalue weighted by atomic mass is 9.87. The van der Waals surface area contributed by atoms with Crippen LogP contribution in [-0.2, 0) is 28.4 Å². The molecule has 0 aliphatic rings. The number of carboxylic acid groups (broad SMARTS) is 1. The summed E-state index contributed by atoms with van der Waals surface area (Å²) >= 11 is 0. The summed E-state index contributed by atoms with van der Waals surface area (Å²) in [6, 6.07) is -0.194. The Hall–Kier alpha value is -4.27. The largest absolute Gasteiger partial charge is 0.481 e. The molecule has 2 aromatic carbocycles. The van der Waals surface area contributed by atoms with E-state index >= 15 is 8.78 Å². The number of carboxylic acids is 1. The fourth-order valence-corrected chi connectivity index (χ4v) is 5.96. The third-order valence-electron chi connectivity index (χ3n) is 8.34. The Morgan fingerprint density at radius 2 is 1.52 bits per heavy atom. The quantitative estimate of drug-likeness (QED) is 0.187. The Morgan fingerprint density at radius 1 is 0.920 bits per heavy atom. The molecular formula is C35H39F8N3O4. The van der Waals surface area contributed by atoms with Crippen LogP contribution in [0, 0.1) is 38.3 Å². The number of rotatable bonds is 12. The summed E-state index contributed by atoms with van der Waals surface area (Å²) in [7, 11) is 3.26. The molecule has 1 aromatic heterocycles. The smallest absolute Gasteiger partial charge is 0.416 e. The number of nitrogens with zero attached hydrogens (tertiary/aromatic N) is 2. The van der Waals surface area contributed by atoms with Gasteiger partial charge >= 0.3 is 18.3 Å². The zero-order valence-electron chi connectivity index (χ0n) is 28.5. The highest BCUT2D eigenvalue weighted by Crippen LogP contribution is 2.41. The topological polar surface area (TPSA) is 91.6 Å². The Balaban J connectivity index is 2.24. The molecule has 2 N–H and O–H groups in total. The summed E-state index contributed by atoms with van der Waals surface area (Å²) in [5.74, 6) is -5.75. The lowest BCUT2D eigenvalue weighted by Crippen LogP contribution is -2.41. The van der Waals surface area contributed by atoms with E-state index in [0.717, 1.165) is 35.9 Å². The van der Waals surface area contributed by atoms with E-state index in [0.29, 0.717) is 6.07 Å². The van der Waals surface area contributed by atoms with Crippen molar-refractivity contribution in [3.05, 3.63) is 91.4 Å². The van der Waals surface area contributed by atoms with Crippen LogP contribution in [0.3, 0.4) is 0 Å². The van der Waals surface area contributed by atoms with E-state index in [-0.39, 0.29) is 53.1 Å². The van der Waals surface area contributed by atoms with E-state index in [9.17, 15) is 45.8 Å². The number of aliphatic carboxylic acids is 1. The van der Waals surface area contributed by atoms with Crippen LogP contribution >= 0.6 is 0 Å². The molecule has 0 saturated carbocycles. The van der Waals surface area contributed by atoms with E-state index in [1.807, 2.05) is 0 Å². The zero-order valence-corrected chi connectivity index (χ0v) is 28.5. The minimum absolute atomic E-state index is 0.142. The highest BCUT2D eigenvalue weighted by Gasteiger charge is 2.37. The van der Waals surface area contributed by atoms with E-state index in [1.54, 1.807) is 32.8 Å². The summed E-state index contributed by atoms with van der Waals surface area (Å²) in [4.78, 5) is 40.6. The summed E-state index contributed by atoms with van der Waals surface area (Å²) in [5, 5.41) is 12.0. The van der Waals surface area contributed by atoms with Crippen LogP contribution in [0.2, 0.25) is 0 Å². The lowest BCUT2D eigenvalue weighted by Gasteiger charge is -2.27. The van der Waals surface area contributed by atoms with Crippen molar-refractivity contribution < 1.29 is 49.8 Å². The van der Waals surface area contributed by atoms with Gasteiger partial charge in [-0.3, -0.25) is 14.4 Å². The molecule has 1 amide bonds. The van der Waals surface area contributed by atoms with E-state index < -0.39 is 82.2 Å². The number of aryl methyl sites for hydroxylation is 2. The van der Waals surface area contributed by atoms with Gasteiger partial charge in [-0.2, -0.15) is 26.3 Å². The van der Waals surface area contributed by atoms with Crippen LogP contribution < -0.4 is 10.9 Å². The maximum atomic E-state index is 16.5. The summed E-state index contributed by atoms with van der Waals surface area (Å²) < 4.78 is 116. The molecule has 2 atom stereocenters. The molecule has 50 heavy (non-hydrogen) atoms. The standard InChI is InChI=1S/C35H39F8N3O4/c1-17(2)12-26(46-16-21(10-11-45(6)7)24(14-27(46)47)35(41,42)43)33(50)44-25(15-28(48)49)30-31(36)19(4)13-22(32(30)37)29-18(3)8-9-23(20(29)5)34(38,39)40/h8-9,13-14,16-17,25-26H,10-12,15H2,1-7H3,(H,44,50)(H,48,49)/t25-,26?/m0/s1. The molecule has 3 aromatic rings. The summed E-state index contributed by atoms with van der Waals surface area (Å²) in [5.41, 5.74) is -5.78. The first-order valence-corrected chi connectivity index (χ1v) is 15.6. The van der Waals surface area contributed by atoms with Crippen LogP contribution in [0.4, 0.5) is 35.1 Å². The molecule has 15 heteroatoms. The van der Waals surface area contributed by atoms with Crippen LogP contribution in [0.25, 0.3) is 11.1 Å². The van der Waals surface area contributed by atoms with Gasteiger partial charge in [0.15, 0.2) is 0 Å². The molecule has 7 nitrogen and oxygen atoms in total. The van der Waals surface area contributed by atoms with Gasteiger partial charge in [-0.05, 0) is 93.6 Å². The molecule has 0 bridgehead atoms. The second-order valence-electron chi connectivity index (χ2n) is 13.0. The second kappa shape index (κ2) is 15.3. The van der Waals surface area contributed by atoms with Gasteiger partial charge in [-0.1, -0.05) is 19.9 Å². The predicted octanol–water partition coefficient (Wildman–Crippen LogP) is 7.78. The number of alkyl halides is 6. The van der Waals surface area contributed by atoms with Gasteiger partial charge in [-0.25, -0.2) is 8.78 Å².